The minimum atomic E-state index is 0.0664. The monoisotopic (exact) mass is 406 g/mol. The molecule has 0 aliphatic rings. The molecule has 4 aromatic rings. The van der Waals surface area contributed by atoms with E-state index in [0.717, 1.165) is 33.2 Å². The van der Waals surface area contributed by atoms with Crippen LogP contribution < -0.4 is 4.74 Å². The van der Waals surface area contributed by atoms with Gasteiger partial charge in [0, 0.05) is 34.3 Å². The molecule has 0 bridgehead atoms. The molecule has 2 aromatic carbocycles. The summed E-state index contributed by atoms with van der Waals surface area (Å²) in [6, 6.07) is 15.7. The van der Waals surface area contributed by atoms with Gasteiger partial charge < -0.3 is 9.72 Å². The first-order valence-corrected chi connectivity index (χ1v) is 10.4. The smallest absolute Gasteiger partial charge is 0.192 e. The molecule has 0 aliphatic heterocycles. The summed E-state index contributed by atoms with van der Waals surface area (Å²) in [5.41, 5.74) is 2.63. The number of thioether (sulfide) groups is 1. The van der Waals surface area contributed by atoms with Crippen molar-refractivity contribution in [3.63, 3.8) is 0 Å². The van der Waals surface area contributed by atoms with Crippen LogP contribution in [0.2, 0.25) is 0 Å². The number of aromatic nitrogens is 4. The minimum Gasteiger partial charge on any atom is -0.497 e. The molecular weight excluding hydrogens is 384 g/mol. The summed E-state index contributed by atoms with van der Waals surface area (Å²) in [5.74, 6) is 1.94. The van der Waals surface area contributed by atoms with E-state index < -0.39 is 0 Å². The highest BCUT2D eigenvalue weighted by Crippen LogP contribution is 2.29. The maximum absolute atomic E-state index is 12.8. The van der Waals surface area contributed by atoms with E-state index in [0.29, 0.717) is 11.3 Å². The summed E-state index contributed by atoms with van der Waals surface area (Å²) in [6.07, 6.45) is 1.78. The van der Waals surface area contributed by atoms with Crippen LogP contribution in [-0.4, -0.2) is 38.4 Å². The minimum absolute atomic E-state index is 0.0664. The molecule has 0 radical (unpaired) electrons. The van der Waals surface area contributed by atoms with Gasteiger partial charge in [0.25, 0.3) is 0 Å². The molecule has 0 atom stereocenters. The van der Waals surface area contributed by atoms with Gasteiger partial charge in [0.1, 0.15) is 5.75 Å². The second-order valence-electron chi connectivity index (χ2n) is 6.96. The van der Waals surface area contributed by atoms with E-state index in [9.17, 15) is 4.79 Å². The zero-order chi connectivity index (χ0) is 20.4. The topological polar surface area (TPSA) is 72.8 Å². The molecule has 6 nitrogen and oxygen atoms in total. The lowest BCUT2D eigenvalue weighted by Gasteiger charge is -2.13. The van der Waals surface area contributed by atoms with E-state index in [2.05, 4.69) is 33.6 Å². The number of para-hydroxylation sites is 1. The first-order chi connectivity index (χ1) is 14.1. The van der Waals surface area contributed by atoms with Gasteiger partial charge in [-0.1, -0.05) is 30.0 Å². The molecule has 0 aliphatic carbocycles. The summed E-state index contributed by atoms with van der Waals surface area (Å²) in [6.45, 7) is 4.17. The Morgan fingerprint density at radius 1 is 1.14 bits per heavy atom. The Labute approximate surface area is 173 Å². The summed E-state index contributed by atoms with van der Waals surface area (Å²) < 4.78 is 7.30. The van der Waals surface area contributed by atoms with E-state index in [1.165, 1.54) is 11.8 Å². The van der Waals surface area contributed by atoms with Gasteiger partial charge in [-0.15, -0.1) is 10.2 Å². The number of H-pyrrole nitrogens is 1. The number of fused-ring (bicyclic) bond motifs is 1. The summed E-state index contributed by atoms with van der Waals surface area (Å²) in [4.78, 5) is 16.0. The number of carbonyl (C=O) groups is 1. The Morgan fingerprint density at radius 3 is 2.62 bits per heavy atom. The van der Waals surface area contributed by atoms with Crippen molar-refractivity contribution in [1.29, 1.82) is 0 Å². The van der Waals surface area contributed by atoms with Crippen molar-refractivity contribution in [2.75, 3.05) is 12.9 Å². The fourth-order valence-corrected chi connectivity index (χ4v) is 4.24. The number of nitrogens with one attached hydrogen (secondary N) is 1. The van der Waals surface area contributed by atoms with Crippen LogP contribution in [0.25, 0.3) is 22.3 Å². The molecule has 148 valence electrons. The highest BCUT2D eigenvalue weighted by molar-refractivity contribution is 7.99. The number of Topliss-reactive ketones (excluding diaryl/α,β-unsaturated/α-hetero) is 1. The molecule has 0 saturated heterocycles. The lowest BCUT2D eigenvalue weighted by molar-refractivity contribution is 0.102. The normalized spacial score (nSPS) is 11.3. The Kier molecular flexibility index (Phi) is 5.40. The molecule has 2 heterocycles. The Balaban J connectivity index is 1.57. The first kappa shape index (κ1) is 19.3. The van der Waals surface area contributed by atoms with E-state index in [-0.39, 0.29) is 11.8 Å². The molecule has 0 unspecified atom stereocenters. The largest absolute Gasteiger partial charge is 0.497 e. The summed E-state index contributed by atoms with van der Waals surface area (Å²) in [7, 11) is 1.64. The highest BCUT2D eigenvalue weighted by Gasteiger charge is 2.19. The fourth-order valence-electron chi connectivity index (χ4n) is 3.29. The highest BCUT2D eigenvalue weighted by atomic mass is 32.2. The van der Waals surface area contributed by atoms with Gasteiger partial charge in [-0.05, 0) is 44.2 Å². The van der Waals surface area contributed by atoms with E-state index in [1.54, 1.807) is 13.3 Å². The van der Waals surface area contributed by atoms with Crippen molar-refractivity contribution in [3.05, 3.63) is 60.3 Å². The molecule has 0 amide bonds. The molecule has 1 N–H and O–H groups in total. The Morgan fingerprint density at radius 2 is 1.90 bits per heavy atom. The number of ketones is 1. The predicted molar refractivity (Wildman–Crippen MR) is 116 cm³/mol. The number of hydrogen-bond donors (Lipinski definition) is 1. The number of nitrogens with zero attached hydrogens (tertiary/aromatic N) is 3. The number of ether oxygens (including phenoxy) is 1. The van der Waals surface area contributed by atoms with Gasteiger partial charge in [-0.3, -0.25) is 9.36 Å². The Hall–Kier alpha value is -3.06. The lowest BCUT2D eigenvalue weighted by Crippen LogP contribution is -2.07. The maximum atomic E-state index is 12.8. The average molecular weight is 407 g/mol. The third kappa shape index (κ3) is 3.78. The zero-order valence-corrected chi connectivity index (χ0v) is 17.4. The SMILES string of the molecule is COc1ccc(-c2nnc(SCC(=O)c3c[nH]c4ccccc34)n2C(C)C)cc1. The van der Waals surface area contributed by atoms with Gasteiger partial charge in [-0.2, -0.15) is 0 Å². The second kappa shape index (κ2) is 8.13. The zero-order valence-electron chi connectivity index (χ0n) is 16.5. The van der Waals surface area contributed by atoms with E-state index >= 15 is 0 Å². The van der Waals surface area contributed by atoms with Crippen LogP contribution >= 0.6 is 11.8 Å². The summed E-state index contributed by atoms with van der Waals surface area (Å²) in [5, 5.41) is 10.4. The van der Waals surface area contributed by atoms with Crippen LogP contribution in [0, 0.1) is 0 Å². The molecule has 4 rings (SSSR count). The molecule has 0 saturated carbocycles. The third-order valence-corrected chi connectivity index (χ3v) is 5.69. The van der Waals surface area contributed by atoms with Crippen LogP contribution in [0.4, 0.5) is 0 Å². The quantitative estimate of drug-likeness (QED) is 0.346. The van der Waals surface area contributed by atoms with Crippen LogP contribution in [0.1, 0.15) is 30.2 Å². The molecule has 29 heavy (non-hydrogen) atoms. The number of benzene rings is 2. The molecule has 0 spiro atoms. The lowest BCUT2D eigenvalue weighted by atomic mass is 10.1. The fraction of sp³-hybridized carbons (Fsp3) is 0.227. The van der Waals surface area contributed by atoms with Crippen molar-refractivity contribution in [2.24, 2.45) is 0 Å². The van der Waals surface area contributed by atoms with Crippen LogP contribution in [-0.2, 0) is 0 Å². The van der Waals surface area contributed by atoms with Gasteiger partial charge >= 0.3 is 0 Å². The van der Waals surface area contributed by atoms with E-state index in [4.69, 9.17) is 4.74 Å². The molecule has 7 heteroatoms. The van der Waals surface area contributed by atoms with Gasteiger partial charge in [-0.25, -0.2) is 0 Å². The van der Waals surface area contributed by atoms with Crippen LogP contribution in [0.15, 0.2) is 59.9 Å². The number of methoxy groups -OCH3 is 1. The first-order valence-electron chi connectivity index (χ1n) is 9.40. The van der Waals surface area contributed by atoms with Gasteiger partial charge in [0.05, 0.1) is 12.9 Å². The van der Waals surface area contributed by atoms with Crippen molar-refractivity contribution >= 4 is 28.4 Å². The summed E-state index contributed by atoms with van der Waals surface area (Å²) >= 11 is 1.41. The standard InChI is InChI=1S/C22H22N4O2S/c1-14(2)26-21(15-8-10-16(28-3)11-9-15)24-25-22(26)29-13-20(27)18-12-23-19-7-5-4-6-17(18)19/h4-12,14,23H,13H2,1-3H3. The molecule has 0 fully saturated rings. The van der Waals surface area contributed by atoms with Gasteiger partial charge in [0.2, 0.25) is 0 Å². The molecule has 2 aromatic heterocycles. The van der Waals surface area contributed by atoms with Crippen molar-refractivity contribution in [1.82, 2.24) is 19.7 Å². The Bertz CT molecular complexity index is 1150. The number of hydrogen-bond acceptors (Lipinski definition) is 5. The van der Waals surface area contributed by atoms with Crippen LogP contribution in [0.3, 0.4) is 0 Å². The number of carbonyl (C=O) groups excluding carboxylic acids is 1. The van der Waals surface area contributed by atoms with E-state index in [1.807, 2.05) is 48.5 Å². The second-order valence-corrected chi connectivity index (χ2v) is 7.90. The molecular formula is C22H22N4O2S. The number of rotatable bonds is 7. The maximum Gasteiger partial charge on any atom is 0.192 e. The van der Waals surface area contributed by atoms with Crippen molar-refractivity contribution in [2.45, 2.75) is 25.0 Å². The van der Waals surface area contributed by atoms with Crippen molar-refractivity contribution < 1.29 is 9.53 Å². The van der Waals surface area contributed by atoms with Crippen LogP contribution in [0.5, 0.6) is 5.75 Å². The van der Waals surface area contributed by atoms with Crippen molar-refractivity contribution in [3.8, 4) is 17.1 Å². The van der Waals surface area contributed by atoms with Gasteiger partial charge in [0.15, 0.2) is 16.8 Å². The average Bonchev–Trinajstić information content (AvgIpc) is 3.36. The predicted octanol–water partition coefficient (Wildman–Crippen LogP) is 4.99. The number of aromatic amines is 1. The third-order valence-electron chi connectivity index (χ3n) is 4.75.